The van der Waals surface area contributed by atoms with Gasteiger partial charge in [0.2, 0.25) is 0 Å². The molecular formula is C26H33FN2O7. The number of benzene rings is 1. The summed E-state index contributed by atoms with van der Waals surface area (Å²) in [6.45, 7) is 6.29. The van der Waals surface area contributed by atoms with E-state index in [0.717, 1.165) is 5.56 Å². The maximum atomic E-state index is 13.4. The minimum absolute atomic E-state index is 0.0749. The zero-order valence-electron chi connectivity index (χ0n) is 20.9. The summed E-state index contributed by atoms with van der Waals surface area (Å²) in [6.07, 6.45) is 0.694. The average molecular weight is 505 g/mol. The van der Waals surface area contributed by atoms with Crippen LogP contribution in [0.4, 0.5) is 4.39 Å². The second kappa shape index (κ2) is 12.6. The molecule has 1 amide bonds. The van der Waals surface area contributed by atoms with Crippen LogP contribution in [-0.4, -0.2) is 67.1 Å². The predicted molar refractivity (Wildman–Crippen MR) is 128 cm³/mol. The average Bonchev–Trinajstić information content (AvgIpc) is 2.88. The maximum absolute atomic E-state index is 13.4. The van der Waals surface area contributed by atoms with Crippen molar-refractivity contribution < 1.29 is 38.0 Å². The summed E-state index contributed by atoms with van der Waals surface area (Å²) >= 11 is 0. The molecule has 9 nitrogen and oxygen atoms in total. The van der Waals surface area contributed by atoms with Crippen LogP contribution < -0.4 is 10.1 Å². The lowest BCUT2D eigenvalue weighted by molar-refractivity contribution is -0.160. The Morgan fingerprint density at radius 2 is 1.97 bits per heavy atom. The van der Waals surface area contributed by atoms with Crippen LogP contribution >= 0.6 is 0 Å². The highest BCUT2D eigenvalue weighted by Gasteiger charge is 2.36. The molecule has 3 rings (SSSR count). The van der Waals surface area contributed by atoms with E-state index in [9.17, 15) is 19.1 Å². The van der Waals surface area contributed by atoms with Gasteiger partial charge in [0.1, 0.15) is 11.9 Å². The zero-order chi connectivity index (χ0) is 26.2. The van der Waals surface area contributed by atoms with Crippen LogP contribution in [0.5, 0.6) is 11.5 Å². The lowest BCUT2D eigenvalue weighted by Gasteiger charge is -2.31. The Hall–Kier alpha value is -3.24. The van der Waals surface area contributed by atoms with Crippen molar-refractivity contribution in [3.8, 4) is 11.5 Å². The first-order valence-corrected chi connectivity index (χ1v) is 11.9. The molecular weight excluding hydrogens is 471 g/mol. The number of cyclic esters (lactones) is 1. The Morgan fingerprint density at radius 1 is 1.25 bits per heavy atom. The SMILES string of the molecule is COc1ccnc(C(=O)N[C@H]2COC[C@H](Cc3ccc(F)cc3)[C@@H](OCC(C)C)[C@H](C)OC2=O)c1O. The van der Waals surface area contributed by atoms with E-state index >= 15 is 0 Å². The molecule has 2 heterocycles. The summed E-state index contributed by atoms with van der Waals surface area (Å²) in [4.78, 5) is 29.6. The van der Waals surface area contributed by atoms with Crippen LogP contribution in [0.25, 0.3) is 0 Å². The first kappa shape index (κ1) is 27.3. The van der Waals surface area contributed by atoms with Gasteiger partial charge in [-0.15, -0.1) is 0 Å². The highest BCUT2D eigenvalue weighted by atomic mass is 19.1. The van der Waals surface area contributed by atoms with Crippen molar-refractivity contribution in [2.45, 2.75) is 45.4 Å². The van der Waals surface area contributed by atoms with Gasteiger partial charge in [0, 0.05) is 24.8 Å². The van der Waals surface area contributed by atoms with Gasteiger partial charge in [-0.2, -0.15) is 0 Å². The number of pyridine rings is 1. The lowest BCUT2D eigenvalue weighted by Crippen LogP contribution is -2.46. The second-order valence-electron chi connectivity index (χ2n) is 9.20. The molecule has 36 heavy (non-hydrogen) atoms. The Bertz CT molecular complexity index is 1030. The number of hydrogen-bond donors (Lipinski definition) is 2. The van der Waals surface area contributed by atoms with E-state index < -0.39 is 35.9 Å². The van der Waals surface area contributed by atoms with Gasteiger partial charge in [0.15, 0.2) is 23.2 Å². The standard InChI is InChI=1S/C26H33FN2O7/c1-15(2)12-35-24-16(3)36-26(32)20(29-25(31)22-23(30)21(33-4)9-10-28-22)14-34-13-18(24)11-17-5-7-19(27)8-6-17/h5-10,15-16,18,20,24,30H,11-14H2,1-4H3,(H,29,31)/t16-,18-,20-,24-/m0/s1. The maximum Gasteiger partial charge on any atom is 0.331 e. The van der Waals surface area contributed by atoms with Crippen LogP contribution in [-0.2, 0) is 25.4 Å². The van der Waals surface area contributed by atoms with E-state index in [1.165, 1.54) is 31.5 Å². The number of ether oxygens (including phenoxy) is 4. The van der Waals surface area contributed by atoms with Crippen LogP contribution in [0.3, 0.4) is 0 Å². The fraction of sp³-hybridized carbons (Fsp3) is 0.500. The van der Waals surface area contributed by atoms with E-state index in [0.29, 0.717) is 13.0 Å². The molecule has 1 aromatic heterocycles. The third-order valence-electron chi connectivity index (χ3n) is 5.79. The van der Waals surface area contributed by atoms with Gasteiger partial charge >= 0.3 is 5.97 Å². The zero-order valence-corrected chi connectivity index (χ0v) is 20.9. The molecule has 0 radical (unpaired) electrons. The van der Waals surface area contributed by atoms with Gasteiger partial charge in [-0.05, 0) is 37.0 Å². The number of methoxy groups -OCH3 is 1. The number of halogens is 1. The van der Waals surface area contributed by atoms with Crippen molar-refractivity contribution >= 4 is 11.9 Å². The van der Waals surface area contributed by atoms with Crippen LogP contribution in [0.2, 0.25) is 0 Å². The predicted octanol–water partition coefficient (Wildman–Crippen LogP) is 2.90. The van der Waals surface area contributed by atoms with Gasteiger partial charge in [-0.25, -0.2) is 14.2 Å². The topological polar surface area (TPSA) is 116 Å². The van der Waals surface area contributed by atoms with Crippen molar-refractivity contribution in [2.24, 2.45) is 11.8 Å². The third kappa shape index (κ3) is 7.14. The number of amides is 1. The van der Waals surface area contributed by atoms with E-state index in [4.69, 9.17) is 18.9 Å². The minimum atomic E-state index is -1.14. The fourth-order valence-corrected chi connectivity index (χ4v) is 3.98. The smallest absolute Gasteiger partial charge is 0.331 e. The normalized spacial score (nSPS) is 22.8. The van der Waals surface area contributed by atoms with E-state index in [1.807, 2.05) is 13.8 Å². The highest BCUT2D eigenvalue weighted by Crippen LogP contribution is 2.28. The second-order valence-corrected chi connectivity index (χ2v) is 9.20. The van der Waals surface area contributed by atoms with E-state index in [-0.39, 0.29) is 42.3 Å². The van der Waals surface area contributed by atoms with E-state index in [2.05, 4.69) is 10.3 Å². The van der Waals surface area contributed by atoms with Gasteiger partial charge in [-0.3, -0.25) is 4.79 Å². The monoisotopic (exact) mass is 504 g/mol. The molecule has 1 saturated heterocycles. The fourth-order valence-electron chi connectivity index (χ4n) is 3.98. The van der Waals surface area contributed by atoms with Crippen LogP contribution in [0.1, 0.15) is 36.8 Å². The Labute approximate surface area is 209 Å². The molecule has 196 valence electrons. The summed E-state index contributed by atoms with van der Waals surface area (Å²) in [7, 11) is 1.35. The van der Waals surface area contributed by atoms with Crippen molar-refractivity contribution in [3.63, 3.8) is 0 Å². The quantitative estimate of drug-likeness (QED) is 0.528. The van der Waals surface area contributed by atoms with Gasteiger partial charge in [-0.1, -0.05) is 26.0 Å². The molecule has 1 aliphatic heterocycles. The Morgan fingerprint density at radius 3 is 2.64 bits per heavy atom. The summed E-state index contributed by atoms with van der Waals surface area (Å²) in [5, 5.41) is 12.8. The lowest BCUT2D eigenvalue weighted by atomic mass is 9.91. The van der Waals surface area contributed by atoms with E-state index in [1.54, 1.807) is 19.1 Å². The molecule has 1 aromatic carbocycles. The first-order chi connectivity index (χ1) is 17.2. The summed E-state index contributed by atoms with van der Waals surface area (Å²) in [6, 6.07) is 6.47. The van der Waals surface area contributed by atoms with Crippen LogP contribution in [0.15, 0.2) is 36.5 Å². The number of nitrogens with zero attached hydrogens (tertiary/aromatic N) is 1. The number of carbonyl (C=O) groups excluding carboxylic acids is 2. The molecule has 0 bridgehead atoms. The third-order valence-corrected chi connectivity index (χ3v) is 5.79. The summed E-state index contributed by atoms with van der Waals surface area (Å²) in [5.74, 6) is -2.11. The molecule has 0 unspecified atom stereocenters. The van der Waals surface area contributed by atoms with Crippen molar-refractivity contribution in [3.05, 3.63) is 53.6 Å². The molecule has 10 heteroatoms. The van der Waals surface area contributed by atoms with Crippen LogP contribution in [0, 0.1) is 17.7 Å². The number of nitrogens with one attached hydrogen (secondary N) is 1. The molecule has 1 fully saturated rings. The Kier molecular flexibility index (Phi) is 9.60. The highest BCUT2D eigenvalue weighted by molar-refractivity contribution is 5.98. The molecule has 4 atom stereocenters. The van der Waals surface area contributed by atoms with Gasteiger partial charge in [0.25, 0.3) is 5.91 Å². The number of aromatic hydroxyl groups is 1. The largest absolute Gasteiger partial charge is 0.503 e. The molecule has 2 aromatic rings. The van der Waals surface area contributed by atoms with Gasteiger partial charge in [0.05, 0.1) is 26.4 Å². The molecule has 0 saturated carbocycles. The molecule has 1 aliphatic rings. The molecule has 0 aliphatic carbocycles. The Balaban J connectivity index is 1.78. The molecule has 0 spiro atoms. The summed E-state index contributed by atoms with van der Waals surface area (Å²) < 4.78 is 36.1. The van der Waals surface area contributed by atoms with Crippen molar-refractivity contribution in [2.75, 3.05) is 26.9 Å². The first-order valence-electron chi connectivity index (χ1n) is 11.9. The van der Waals surface area contributed by atoms with Crippen molar-refractivity contribution in [1.29, 1.82) is 0 Å². The number of hydrogen-bond acceptors (Lipinski definition) is 8. The molecule has 2 N–H and O–H groups in total. The number of esters is 1. The minimum Gasteiger partial charge on any atom is -0.503 e. The van der Waals surface area contributed by atoms with Crippen molar-refractivity contribution in [1.82, 2.24) is 10.3 Å². The number of carbonyl (C=O) groups is 2. The number of aromatic nitrogens is 1. The van der Waals surface area contributed by atoms with Gasteiger partial charge < -0.3 is 29.4 Å². The summed E-state index contributed by atoms with van der Waals surface area (Å²) in [5.41, 5.74) is 0.604. The number of rotatable bonds is 8.